The summed E-state index contributed by atoms with van der Waals surface area (Å²) in [6, 6.07) is 11.6. The van der Waals surface area contributed by atoms with Gasteiger partial charge in [-0.25, -0.2) is 0 Å². The van der Waals surface area contributed by atoms with Gasteiger partial charge in [0.05, 0.1) is 31.4 Å². The highest BCUT2D eigenvalue weighted by atomic mass is 35.5. The van der Waals surface area contributed by atoms with Crippen LogP contribution >= 0.6 is 11.6 Å². The van der Waals surface area contributed by atoms with Crippen LogP contribution in [0.5, 0.6) is 5.75 Å². The molecule has 2 aromatic carbocycles. The summed E-state index contributed by atoms with van der Waals surface area (Å²) >= 11 is 6.10. The molecule has 2 aliphatic heterocycles. The molecule has 2 aliphatic rings. The SMILES string of the molecule is CCOc1ccc(C(O)=C2C(=O)C(=O)N(CCCN3CCOCC3)[C@H]2c2ccc(Cl)cc2)cc1C. The zero-order valence-corrected chi connectivity index (χ0v) is 20.9. The lowest BCUT2D eigenvalue weighted by molar-refractivity contribution is -0.140. The number of rotatable bonds is 8. The monoisotopic (exact) mass is 498 g/mol. The molecule has 0 spiro atoms. The van der Waals surface area contributed by atoms with Gasteiger partial charge in [0.2, 0.25) is 0 Å². The van der Waals surface area contributed by atoms with Crippen molar-refractivity contribution in [2.75, 3.05) is 46.0 Å². The Morgan fingerprint density at radius 1 is 1.11 bits per heavy atom. The summed E-state index contributed by atoms with van der Waals surface area (Å²) in [4.78, 5) is 30.2. The third kappa shape index (κ3) is 5.53. The first-order valence-electron chi connectivity index (χ1n) is 12.0. The number of hydrogen-bond acceptors (Lipinski definition) is 6. The van der Waals surface area contributed by atoms with E-state index < -0.39 is 17.7 Å². The zero-order chi connectivity index (χ0) is 24.9. The number of carbonyl (C=O) groups excluding carboxylic acids is 2. The fraction of sp³-hybridized carbons (Fsp3) is 0.407. The minimum Gasteiger partial charge on any atom is -0.507 e. The van der Waals surface area contributed by atoms with E-state index in [0.29, 0.717) is 49.1 Å². The summed E-state index contributed by atoms with van der Waals surface area (Å²) in [6.07, 6.45) is 0.708. The molecule has 4 rings (SSSR count). The van der Waals surface area contributed by atoms with E-state index in [1.54, 1.807) is 47.4 Å². The standard InChI is InChI=1S/C27H31ClN2O5/c1-3-35-22-10-7-20(17-18(22)2)25(31)23-24(19-5-8-21(28)9-6-19)30(27(33)26(23)32)12-4-11-29-13-15-34-16-14-29/h5-10,17,24,31H,3-4,11-16H2,1-2H3/t24-/m0/s1. The summed E-state index contributed by atoms with van der Waals surface area (Å²) in [6.45, 7) is 8.63. The second kappa shape index (κ2) is 11.2. The van der Waals surface area contributed by atoms with Crippen molar-refractivity contribution in [3.05, 3.63) is 69.8 Å². The van der Waals surface area contributed by atoms with Crippen molar-refractivity contribution in [3.8, 4) is 5.75 Å². The lowest BCUT2D eigenvalue weighted by Crippen LogP contribution is -2.38. The third-order valence-corrected chi connectivity index (χ3v) is 6.70. The minimum atomic E-state index is -0.691. The number of ketones is 1. The highest BCUT2D eigenvalue weighted by Crippen LogP contribution is 2.40. The van der Waals surface area contributed by atoms with Crippen LogP contribution in [0, 0.1) is 6.92 Å². The zero-order valence-electron chi connectivity index (χ0n) is 20.1. The number of aliphatic hydroxyl groups is 1. The molecule has 8 heteroatoms. The highest BCUT2D eigenvalue weighted by molar-refractivity contribution is 6.46. The molecule has 1 N–H and O–H groups in total. The molecule has 2 fully saturated rings. The van der Waals surface area contributed by atoms with Crippen LogP contribution in [0.1, 0.15) is 36.1 Å². The molecule has 0 unspecified atom stereocenters. The summed E-state index contributed by atoms with van der Waals surface area (Å²) < 4.78 is 11.0. The van der Waals surface area contributed by atoms with Crippen molar-refractivity contribution in [1.29, 1.82) is 0 Å². The maximum absolute atomic E-state index is 13.2. The molecule has 2 saturated heterocycles. The van der Waals surface area contributed by atoms with Crippen LogP contribution in [0.15, 0.2) is 48.0 Å². The van der Waals surface area contributed by atoms with Gasteiger partial charge in [0.15, 0.2) is 0 Å². The lowest BCUT2D eigenvalue weighted by atomic mass is 9.94. The van der Waals surface area contributed by atoms with Crippen molar-refractivity contribution in [2.24, 2.45) is 0 Å². The summed E-state index contributed by atoms with van der Waals surface area (Å²) in [5.74, 6) is -0.761. The van der Waals surface area contributed by atoms with E-state index in [4.69, 9.17) is 21.1 Å². The number of halogens is 1. The Balaban J connectivity index is 1.67. The summed E-state index contributed by atoms with van der Waals surface area (Å²) in [5, 5.41) is 11.8. The van der Waals surface area contributed by atoms with Gasteiger partial charge in [-0.1, -0.05) is 23.7 Å². The van der Waals surface area contributed by atoms with Crippen molar-refractivity contribution >= 4 is 29.1 Å². The Kier molecular flexibility index (Phi) is 8.11. The average molecular weight is 499 g/mol. The number of aryl methyl sites for hydroxylation is 1. The maximum Gasteiger partial charge on any atom is 0.295 e. The summed E-state index contributed by atoms with van der Waals surface area (Å²) in [5.41, 5.74) is 2.12. The predicted octanol–water partition coefficient (Wildman–Crippen LogP) is 4.19. The van der Waals surface area contributed by atoms with Gasteiger partial charge >= 0.3 is 0 Å². The number of carbonyl (C=O) groups is 2. The van der Waals surface area contributed by atoms with Crippen LogP contribution in [0.2, 0.25) is 5.02 Å². The van der Waals surface area contributed by atoms with Gasteiger partial charge in [0, 0.05) is 36.8 Å². The van der Waals surface area contributed by atoms with Gasteiger partial charge in [-0.05, 0) is 61.7 Å². The lowest BCUT2D eigenvalue weighted by Gasteiger charge is -2.29. The number of likely N-dealkylation sites (tertiary alicyclic amines) is 1. The molecular weight excluding hydrogens is 468 g/mol. The molecule has 7 nitrogen and oxygen atoms in total. The quantitative estimate of drug-likeness (QED) is 0.334. The van der Waals surface area contributed by atoms with Gasteiger partial charge in [0.25, 0.3) is 11.7 Å². The van der Waals surface area contributed by atoms with E-state index in [0.717, 1.165) is 30.8 Å². The first-order valence-corrected chi connectivity index (χ1v) is 12.4. The van der Waals surface area contributed by atoms with Crippen LogP contribution in [-0.2, 0) is 14.3 Å². The Labute approximate surface area is 210 Å². The molecule has 0 radical (unpaired) electrons. The Bertz CT molecular complexity index is 1110. The van der Waals surface area contributed by atoms with Crippen LogP contribution in [0.25, 0.3) is 5.76 Å². The summed E-state index contributed by atoms with van der Waals surface area (Å²) in [7, 11) is 0. The largest absolute Gasteiger partial charge is 0.507 e. The number of aliphatic hydroxyl groups excluding tert-OH is 1. The molecule has 0 aliphatic carbocycles. The number of nitrogens with zero attached hydrogens (tertiary/aromatic N) is 2. The number of Topliss-reactive ketones (excluding diaryl/α,β-unsaturated/α-hetero) is 1. The van der Waals surface area contributed by atoms with E-state index in [9.17, 15) is 14.7 Å². The first kappa shape index (κ1) is 25.2. The van der Waals surface area contributed by atoms with E-state index in [1.807, 2.05) is 13.8 Å². The smallest absolute Gasteiger partial charge is 0.295 e. The van der Waals surface area contributed by atoms with E-state index in [1.165, 1.54) is 0 Å². The average Bonchev–Trinajstić information content (AvgIpc) is 3.11. The number of amides is 1. The van der Waals surface area contributed by atoms with Crippen LogP contribution in [0.3, 0.4) is 0 Å². The van der Waals surface area contributed by atoms with Crippen LogP contribution in [-0.4, -0.2) is 72.6 Å². The molecule has 1 amide bonds. The van der Waals surface area contributed by atoms with Crippen molar-refractivity contribution in [1.82, 2.24) is 9.80 Å². The number of benzene rings is 2. The van der Waals surface area contributed by atoms with E-state index in [-0.39, 0.29) is 11.3 Å². The topological polar surface area (TPSA) is 79.3 Å². The van der Waals surface area contributed by atoms with Crippen molar-refractivity contribution in [2.45, 2.75) is 26.3 Å². The molecule has 186 valence electrons. The Hall–Kier alpha value is -2.87. The normalized spacial score (nSPS) is 20.4. The fourth-order valence-electron chi connectivity index (χ4n) is 4.66. The number of hydrogen-bond donors (Lipinski definition) is 1. The van der Waals surface area contributed by atoms with Crippen molar-refractivity contribution in [3.63, 3.8) is 0 Å². The van der Waals surface area contributed by atoms with E-state index >= 15 is 0 Å². The van der Waals surface area contributed by atoms with Gasteiger partial charge < -0.3 is 19.5 Å². The fourth-order valence-corrected chi connectivity index (χ4v) is 4.79. The number of morpholine rings is 1. The van der Waals surface area contributed by atoms with Gasteiger partial charge in [-0.15, -0.1) is 0 Å². The second-order valence-corrected chi connectivity index (χ2v) is 9.20. The minimum absolute atomic E-state index is 0.0901. The maximum atomic E-state index is 13.2. The third-order valence-electron chi connectivity index (χ3n) is 6.45. The van der Waals surface area contributed by atoms with Crippen molar-refractivity contribution < 1.29 is 24.2 Å². The molecule has 0 bridgehead atoms. The number of ether oxygens (including phenoxy) is 2. The predicted molar refractivity (Wildman–Crippen MR) is 135 cm³/mol. The van der Waals surface area contributed by atoms with Crippen LogP contribution in [0.4, 0.5) is 0 Å². The van der Waals surface area contributed by atoms with Gasteiger partial charge in [-0.2, -0.15) is 0 Å². The molecule has 0 saturated carbocycles. The Morgan fingerprint density at radius 3 is 2.49 bits per heavy atom. The second-order valence-electron chi connectivity index (χ2n) is 8.76. The molecular formula is C27H31ClN2O5. The van der Waals surface area contributed by atoms with Gasteiger partial charge in [-0.3, -0.25) is 14.5 Å². The van der Waals surface area contributed by atoms with Crippen LogP contribution < -0.4 is 4.74 Å². The molecule has 2 heterocycles. The molecule has 35 heavy (non-hydrogen) atoms. The first-order chi connectivity index (χ1) is 16.9. The Morgan fingerprint density at radius 2 is 1.83 bits per heavy atom. The highest BCUT2D eigenvalue weighted by Gasteiger charge is 2.45. The molecule has 1 atom stereocenters. The van der Waals surface area contributed by atoms with Gasteiger partial charge in [0.1, 0.15) is 11.5 Å². The molecule has 0 aromatic heterocycles. The molecule has 2 aromatic rings. The van der Waals surface area contributed by atoms with E-state index in [2.05, 4.69) is 4.90 Å².